The Kier molecular flexibility index (Phi) is 7.28. The Morgan fingerprint density at radius 3 is 2.44 bits per heavy atom. The van der Waals surface area contributed by atoms with Gasteiger partial charge in [-0.1, -0.05) is 13.8 Å². The number of carboxylic acids is 1. The molecule has 0 aromatic rings. The average molecular weight is 232 g/mol. The van der Waals surface area contributed by atoms with E-state index in [0.29, 0.717) is 19.6 Å². The minimum Gasteiger partial charge on any atom is -0.480 e. The lowest BCUT2D eigenvalue weighted by atomic mass is 10.1. The van der Waals surface area contributed by atoms with Crippen LogP contribution in [0.3, 0.4) is 0 Å². The largest absolute Gasteiger partial charge is 0.480 e. The summed E-state index contributed by atoms with van der Waals surface area (Å²) in [6, 6.07) is -1.32. The van der Waals surface area contributed by atoms with E-state index in [1.165, 1.54) is 0 Å². The van der Waals surface area contributed by atoms with E-state index in [0.717, 1.165) is 0 Å². The van der Waals surface area contributed by atoms with Crippen molar-refractivity contribution in [1.29, 1.82) is 0 Å². The van der Waals surface area contributed by atoms with Gasteiger partial charge in [0.05, 0.1) is 0 Å². The quantitative estimate of drug-likeness (QED) is 0.555. The summed E-state index contributed by atoms with van der Waals surface area (Å²) in [6.45, 7) is 4.50. The molecule has 0 rings (SSSR count). The third-order valence-corrected chi connectivity index (χ3v) is 2.03. The van der Waals surface area contributed by atoms with Crippen molar-refractivity contribution < 1.29 is 19.4 Å². The van der Waals surface area contributed by atoms with E-state index in [1.807, 2.05) is 0 Å². The lowest BCUT2D eigenvalue weighted by molar-refractivity contribution is -0.140. The van der Waals surface area contributed by atoms with E-state index >= 15 is 0 Å². The van der Waals surface area contributed by atoms with E-state index in [-0.39, 0.29) is 5.92 Å². The number of carbonyl (C=O) groups excluding carboxylic acids is 1. The molecule has 0 aromatic heterocycles. The first-order valence-electron chi connectivity index (χ1n) is 5.25. The van der Waals surface area contributed by atoms with Gasteiger partial charge in [-0.2, -0.15) is 0 Å². The number of urea groups is 1. The molecular formula is C10H20N2O4. The highest BCUT2D eigenvalue weighted by molar-refractivity contribution is 5.82. The molecule has 2 amide bonds. The minimum absolute atomic E-state index is 0.151. The third kappa shape index (κ3) is 6.23. The summed E-state index contributed by atoms with van der Waals surface area (Å²) in [6.07, 6.45) is 0.698. The fourth-order valence-electron chi connectivity index (χ4n) is 1.12. The van der Waals surface area contributed by atoms with Gasteiger partial charge in [0.15, 0.2) is 0 Å². The zero-order valence-corrected chi connectivity index (χ0v) is 9.95. The van der Waals surface area contributed by atoms with Crippen LogP contribution >= 0.6 is 0 Å². The predicted octanol–water partition coefficient (Wildman–Crippen LogP) is 0.431. The van der Waals surface area contributed by atoms with Gasteiger partial charge in [0.2, 0.25) is 0 Å². The lowest BCUT2D eigenvalue weighted by Gasteiger charge is -2.18. The summed E-state index contributed by atoms with van der Waals surface area (Å²) < 4.78 is 4.82. The van der Waals surface area contributed by atoms with Crippen molar-refractivity contribution in [1.82, 2.24) is 10.6 Å². The number of hydrogen-bond acceptors (Lipinski definition) is 3. The Morgan fingerprint density at radius 2 is 2.00 bits per heavy atom. The fraction of sp³-hybridized carbons (Fsp3) is 0.800. The number of ether oxygens (including phenoxy) is 1. The maximum atomic E-state index is 11.3. The Hall–Kier alpha value is -1.30. The van der Waals surface area contributed by atoms with Crippen molar-refractivity contribution in [2.75, 3.05) is 20.3 Å². The monoisotopic (exact) mass is 232 g/mol. The maximum Gasteiger partial charge on any atom is 0.326 e. The molecule has 0 saturated carbocycles. The number of methoxy groups -OCH3 is 1. The summed E-state index contributed by atoms with van der Waals surface area (Å²) in [7, 11) is 1.58. The number of carboxylic acid groups (broad SMARTS) is 1. The van der Waals surface area contributed by atoms with E-state index in [2.05, 4.69) is 10.6 Å². The van der Waals surface area contributed by atoms with Crippen molar-refractivity contribution in [3.63, 3.8) is 0 Å². The Morgan fingerprint density at radius 1 is 1.38 bits per heavy atom. The van der Waals surface area contributed by atoms with Crippen LogP contribution in [0.2, 0.25) is 0 Å². The van der Waals surface area contributed by atoms with Gasteiger partial charge >= 0.3 is 12.0 Å². The Balaban J connectivity index is 3.87. The molecule has 0 aliphatic carbocycles. The first-order valence-corrected chi connectivity index (χ1v) is 5.25. The van der Waals surface area contributed by atoms with Gasteiger partial charge < -0.3 is 20.5 Å². The SMILES string of the molecule is COCCCNC(=O)NC(C(=O)O)C(C)C. The molecule has 6 heteroatoms. The standard InChI is InChI=1S/C10H20N2O4/c1-7(2)8(9(13)14)12-10(15)11-5-4-6-16-3/h7-8H,4-6H2,1-3H3,(H,13,14)(H2,11,12,15). The second-order valence-electron chi connectivity index (χ2n) is 3.81. The van der Waals surface area contributed by atoms with Gasteiger partial charge in [-0.25, -0.2) is 9.59 Å². The summed E-state index contributed by atoms with van der Waals surface area (Å²) in [5.41, 5.74) is 0. The van der Waals surface area contributed by atoms with Crippen LogP contribution < -0.4 is 10.6 Å². The molecule has 0 radical (unpaired) electrons. The topological polar surface area (TPSA) is 87.7 Å². The van der Waals surface area contributed by atoms with Crippen LogP contribution in [0.4, 0.5) is 4.79 Å². The minimum atomic E-state index is -1.03. The van der Waals surface area contributed by atoms with Crippen LogP contribution in [0.5, 0.6) is 0 Å². The molecule has 0 aliphatic heterocycles. The molecule has 1 unspecified atom stereocenters. The van der Waals surface area contributed by atoms with Gasteiger partial charge in [0, 0.05) is 20.3 Å². The van der Waals surface area contributed by atoms with Crippen LogP contribution in [0.1, 0.15) is 20.3 Å². The number of carbonyl (C=O) groups is 2. The van der Waals surface area contributed by atoms with Crippen molar-refractivity contribution in [2.24, 2.45) is 5.92 Å². The van der Waals surface area contributed by atoms with Gasteiger partial charge in [0.1, 0.15) is 6.04 Å². The molecule has 16 heavy (non-hydrogen) atoms. The van der Waals surface area contributed by atoms with Gasteiger partial charge in [-0.3, -0.25) is 0 Å². The fourth-order valence-corrected chi connectivity index (χ4v) is 1.12. The van der Waals surface area contributed by atoms with Gasteiger partial charge in [-0.05, 0) is 12.3 Å². The summed E-state index contributed by atoms with van der Waals surface area (Å²) in [5.74, 6) is -1.18. The Bertz CT molecular complexity index is 231. The number of aliphatic carboxylic acids is 1. The molecule has 0 saturated heterocycles. The second-order valence-corrected chi connectivity index (χ2v) is 3.81. The average Bonchev–Trinajstić information content (AvgIpc) is 2.20. The number of rotatable bonds is 7. The molecule has 1 atom stereocenters. The summed E-state index contributed by atoms with van der Waals surface area (Å²) in [5, 5.41) is 13.8. The molecular weight excluding hydrogens is 212 g/mol. The van der Waals surface area contributed by atoms with Crippen LogP contribution in [-0.4, -0.2) is 43.4 Å². The lowest BCUT2D eigenvalue weighted by Crippen LogP contribution is -2.48. The van der Waals surface area contributed by atoms with Crippen molar-refractivity contribution >= 4 is 12.0 Å². The molecule has 94 valence electrons. The van der Waals surface area contributed by atoms with Crippen LogP contribution in [0.25, 0.3) is 0 Å². The number of amides is 2. The first kappa shape index (κ1) is 14.7. The summed E-state index contributed by atoms with van der Waals surface area (Å²) in [4.78, 5) is 22.1. The molecule has 0 fully saturated rings. The zero-order valence-electron chi connectivity index (χ0n) is 9.95. The highest BCUT2D eigenvalue weighted by atomic mass is 16.5. The first-order chi connectivity index (χ1) is 7.49. The van der Waals surface area contributed by atoms with E-state index < -0.39 is 18.0 Å². The van der Waals surface area contributed by atoms with Crippen LogP contribution in [-0.2, 0) is 9.53 Å². The van der Waals surface area contributed by atoms with Crippen LogP contribution in [0.15, 0.2) is 0 Å². The zero-order chi connectivity index (χ0) is 12.6. The molecule has 0 spiro atoms. The van der Waals surface area contributed by atoms with Gasteiger partial charge in [-0.15, -0.1) is 0 Å². The summed E-state index contributed by atoms with van der Waals surface area (Å²) >= 11 is 0. The number of nitrogens with one attached hydrogen (secondary N) is 2. The van der Waals surface area contributed by atoms with Gasteiger partial charge in [0.25, 0.3) is 0 Å². The molecule has 0 aliphatic rings. The Labute approximate surface area is 95.4 Å². The second kappa shape index (κ2) is 7.92. The van der Waals surface area contributed by atoms with E-state index in [1.54, 1.807) is 21.0 Å². The molecule has 6 nitrogen and oxygen atoms in total. The third-order valence-electron chi connectivity index (χ3n) is 2.03. The normalized spacial score (nSPS) is 12.2. The van der Waals surface area contributed by atoms with E-state index in [9.17, 15) is 9.59 Å². The molecule has 3 N–H and O–H groups in total. The highest BCUT2D eigenvalue weighted by Crippen LogP contribution is 2.01. The number of hydrogen-bond donors (Lipinski definition) is 3. The predicted molar refractivity (Wildman–Crippen MR) is 59.3 cm³/mol. The van der Waals surface area contributed by atoms with Crippen molar-refractivity contribution in [3.05, 3.63) is 0 Å². The molecule has 0 bridgehead atoms. The van der Waals surface area contributed by atoms with E-state index in [4.69, 9.17) is 9.84 Å². The smallest absolute Gasteiger partial charge is 0.326 e. The molecule has 0 aromatic carbocycles. The highest BCUT2D eigenvalue weighted by Gasteiger charge is 2.22. The maximum absolute atomic E-state index is 11.3. The van der Waals surface area contributed by atoms with Crippen molar-refractivity contribution in [3.8, 4) is 0 Å². The van der Waals surface area contributed by atoms with Crippen molar-refractivity contribution in [2.45, 2.75) is 26.3 Å². The van der Waals surface area contributed by atoms with Crippen LogP contribution in [0, 0.1) is 5.92 Å². The molecule has 0 heterocycles.